The molecule has 2 aromatic rings. The number of nitrogens with one attached hydrogen (secondary N) is 1. The van der Waals surface area contributed by atoms with Crippen molar-refractivity contribution < 1.29 is 18.0 Å². The fraction of sp³-hybridized carbons (Fsp3) is 0.556. The van der Waals surface area contributed by atoms with Gasteiger partial charge in [0.25, 0.3) is 11.5 Å². The van der Waals surface area contributed by atoms with Gasteiger partial charge in [0.15, 0.2) is 5.69 Å². The lowest BCUT2D eigenvalue weighted by Crippen LogP contribution is -2.40. The van der Waals surface area contributed by atoms with E-state index >= 15 is 0 Å². The number of aromatic nitrogens is 4. The lowest BCUT2D eigenvalue weighted by Gasteiger charge is -2.31. The van der Waals surface area contributed by atoms with Crippen molar-refractivity contribution >= 4 is 5.91 Å². The Labute approximate surface area is 158 Å². The molecule has 1 aliphatic heterocycles. The molecule has 1 aliphatic carbocycles. The zero-order valence-corrected chi connectivity index (χ0v) is 15.1. The maximum absolute atomic E-state index is 12.6. The van der Waals surface area contributed by atoms with Crippen LogP contribution in [0.15, 0.2) is 23.3 Å². The summed E-state index contributed by atoms with van der Waals surface area (Å²) in [7, 11) is 0. The van der Waals surface area contributed by atoms with Crippen LogP contribution >= 0.6 is 0 Å². The molecule has 150 valence electrons. The molecule has 2 aromatic heterocycles. The van der Waals surface area contributed by atoms with E-state index in [1.165, 1.54) is 4.57 Å². The number of hydrogen-bond donors (Lipinski definition) is 1. The number of amides is 1. The standard InChI is InChI=1S/C18H20F3N5O2/c19-18(20,21)15-8-16(27)26(10-22-15)9-11-3-5-25(6-4-11)17(28)14-7-13(23-24-14)12-1-2-12/h7-8,10-12H,1-6,9H2,(H,23,24). The summed E-state index contributed by atoms with van der Waals surface area (Å²) in [6.45, 7) is 1.34. The van der Waals surface area contributed by atoms with Crippen LogP contribution in [0.1, 0.15) is 53.5 Å². The van der Waals surface area contributed by atoms with Crippen LogP contribution in [0.3, 0.4) is 0 Å². The number of hydrogen-bond acceptors (Lipinski definition) is 4. The molecule has 1 saturated carbocycles. The van der Waals surface area contributed by atoms with E-state index in [0.29, 0.717) is 50.2 Å². The topological polar surface area (TPSA) is 83.9 Å². The first-order valence-corrected chi connectivity index (χ1v) is 9.29. The van der Waals surface area contributed by atoms with Crippen LogP contribution in [0.4, 0.5) is 13.2 Å². The van der Waals surface area contributed by atoms with Crippen molar-refractivity contribution in [2.24, 2.45) is 5.92 Å². The molecule has 3 heterocycles. The number of nitrogens with zero attached hydrogens (tertiary/aromatic N) is 4. The van der Waals surface area contributed by atoms with Crippen LogP contribution < -0.4 is 5.56 Å². The van der Waals surface area contributed by atoms with E-state index in [1.807, 2.05) is 6.07 Å². The van der Waals surface area contributed by atoms with Crippen molar-refractivity contribution in [3.8, 4) is 0 Å². The minimum Gasteiger partial charge on any atom is -0.337 e. The Kier molecular flexibility index (Phi) is 4.72. The maximum atomic E-state index is 12.6. The van der Waals surface area contributed by atoms with Crippen molar-refractivity contribution in [3.63, 3.8) is 0 Å². The Morgan fingerprint density at radius 2 is 1.89 bits per heavy atom. The normalized spacial score (nSPS) is 18.5. The molecule has 0 aromatic carbocycles. The molecule has 1 saturated heterocycles. The predicted molar refractivity (Wildman–Crippen MR) is 92.7 cm³/mol. The van der Waals surface area contributed by atoms with Crippen molar-refractivity contribution in [2.75, 3.05) is 13.1 Å². The third-order valence-electron chi connectivity index (χ3n) is 5.36. The average Bonchev–Trinajstić information content (AvgIpc) is 3.39. The SMILES string of the molecule is O=C(c1cc(C2CC2)[nH]n1)N1CCC(Cn2cnc(C(F)(F)F)cc2=O)CC1. The number of carbonyl (C=O) groups excluding carboxylic acids is 1. The quantitative estimate of drug-likeness (QED) is 0.862. The zero-order chi connectivity index (χ0) is 19.9. The molecular formula is C18H20F3N5O2. The summed E-state index contributed by atoms with van der Waals surface area (Å²) >= 11 is 0. The summed E-state index contributed by atoms with van der Waals surface area (Å²) in [4.78, 5) is 29.6. The predicted octanol–water partition coefficient (Wildman–Crippen LogP) is 2.42. The fourth-order valence-corrected chi connectivity index (χ4v) is 3.53. The van der Waals surface area contributed by atoms with Gasteiger partial charge in [-0.15, -0.1) is 0 Å². The van der Waals surface area contributed by atoms with Gasteiger partial charge < -0.3 is 4.90 Å². The molecule has 0 unspecified atom stereocenters. The van der Waals surface area contributed by atoms with E-state index in [-0.39, 0.29) is 11.8 Å². The highest BCUT2D eigenvalue weighted by molar-refractivity contribution is 5.92. The van der Waals surface area contributed by atoms with E-state index in [1.54, 1.807) is 4.90 Å². The highest BCUT2D eigenvalue weighted by Crippen LogP contribution is 2.39. The van der Waals surface area contributed by atoms with Gasteiger partial charge in [-0.2, -0.15) is 18.3 Å². The average molecular weight is 395 g/mol. The van der Waals surface area contributed by atoms with Gasteiger partial charge in [-0.3, -0.25) is 19.3 Å². The molecule has 4 rings (SSSR count). The number of aromatic amines is 1. The van der Waals surface area contributed by atoms with E-state index in [4.69, 9.17) is 0 Å². The highest BCUT2D eigenvalue weighted by Gasteiger charge is 2.33. The minimum absolute atomic E-state index is 0.0986. The number of halogens is 3. The molecule has 0 atom stereocenters. The third kappa shape index (κ3) is 3.95. The van der Waals surface area contributed by atoms with Crippen molar-refractivity contribution in [3.05, 3.63) is 45.9 Å². The second-order valence-electron chi connectivity index (χ2n) is 7.48. The number of H-pyrrole nitrogens is 1. The summed E-state index contributed by atoms with van der Waals surface area (Å²) in [5.41, 5.74) is -0.473. The van der Waals surface area contributed by atoms with Gasteiger partial charge in [0.05, 0.1) is 6.33 Å². The Balaban J connectivity index is 1.34. The van der Waals surface area contributed by atoms with Crippen LogP contribution in [0.2, 0.25) is 0 Å². The Morgan fingerprint density at radius 1 is 1.18 bits per heavy atom. The van der Waals surface area contributed by atoms with Gasteiger partial charge in [-0.1, -0.05) is 0 Å². The lowest BCUT2D eigenvalue weighted by molar-refractivity contribution is -0.141. The molecule has 28 heavy (non-hydrogen) atoms. The largest absolute Gasteiger partial charge is 0.433 e. The Bertz CT molecular complexity index is 924. The molecule has 10 heteroatoms. The van der Waals surface area contributed by atoms with E-state index in [9.17, 15) is 22.8 Å². The van der Waals surface area contributed by atoms with Gasteiger partial charge in [-0.05, 0) is 37.7 Å². The van der Waals surface area contributed by atoms with Gasteiger partial charge >= 0.3 is 6.18 Å². The van der Waals surface area contributed by atoms with Gasteiger partial charge in [0.2, 0.25) is 0 Å². The number of carbonyl (C=O) groups is 1. The molecular weight excluding hydrogens is 375 g/mol. The lowest BCUT2D eigenvalue weighted by atomic mass is 9.96. The van der Waals surface area contributed by atoms with Gasteiger partial charge in [-0.25, -0.2) is 4.98 Å². The minimum atomic E-state index is -4.63. The number of alkyl halides is 3. The third-order valence-corrected chi connectivity index (χ3v) is 5.36. The maximum Gasteiger partial charge on any atom is 0.433 e. The molecule has 0 radical (unpaired) electrons. The number of rotatable bonds is 4. The molecule has 2 aliphatic rings. The molecule has 1 N–H and O–H groups in total. The highest BCUT2D eigenvalue weighted by atomic mass is 19.4. The van der Waals surface area contributed by atoms with Gasteiger partial charge in [0.1, 0.15) is 5.69 Å². The van der Waals surface area contributed by atoms with Crippen LogP contribution in [-0.2, 0) is 12.7 Å². The Hall–Kier alpha value is -2.65. The van der Waals surface area contributed by atoms with Gasteiger partial charge in [0, 0.05) is 37.3 Å². The van der Waals surface area contributed by atoms with Crippen LogP contribution in [0.25, 0.3) is 0 Å². The molecule has 1 amide bonds. The molecule has 0 bridgehead atoms. The zero-order valence-electron chi connectivity index (χ0n) is 15.1. The van der Waals surface area contributed by atoms with Crippen LogP contribution in [-0.4, -0.2) is 43.6 Å². The van der Waals surface area contributed by atoms with Crippen LogP contribution in [0, 0.1) is 5.92 Å². The monoisotopic (exact) mass is 395 g/mol. The summed E-state index contributed by atoms with van der Waals surface area (Å²) in [6.07, 6.45) is -0.0988. The smallest absolute Gasteiger partial charge is 0.337 e. The second-order valence-corrected chi connectivity index (χ2v) is 7.48. The van der Waals surface area contributed by atoms with Crippen molar-refractivity contribution in [1.82, 2.24) is 24.6 Å². The number of likely N-dealkylation sites (tertiary alicyclic amines) is 1. The summed E-state index contributed by atoms with van der Waals surface area (Å²) < 4.78 is 39.0. The van der Waals surface area contributed by atoms with E-state index < -0.39 is 17.4 Å². The molecule has 2 fully saturated rings. The first-order chi connectivity index (χ1) is 13.3. The summed E-state index contributed by atoms with van der Waals surface area (Å²) in [5, 5.41) is 7.05. The Morgan fingerprint density at radius 3 is 2.50 bits per heavy atom. The van der Waals surface area contributed by atoms with E-state index in [0.717, 1.165) is 24.9 Å². The first-order valence-electron chi connectivity index (χ1n) is 9.29. The van der Waals surface area contributed by atoms with Crippen LogP contribution in [0.5, 0.6) is 0 Å². The molecule has 0 spiro atoms. The van der Waals surface area contributed by atoms with Crippen molar-refractivity contribution in [1.29, 1.82) is 0 Å². The number of piperidine rings is 1. The summed E-state index contributed by atoms with van der Waals surface area (Å²) in [5.74, 6) is 0.479. The molecule has 7 nitrogen and oxygen atoms in total. The summed E-state index contributed by atoms with van der Waals surface area (Å²) in [6, 6.07) is 2.34. The van der Waals surface area contributed by atoms with E-state index in [2.05, 4.69) is 15.2 Å². The van der Waals surface area contributed by atoms with Crippen molar-refractivity contribution in [2.45, 2.75) is 44.3 Å². The fourth-order valence-electron chi connectivity index (χ4n) is 3.53. The second kappa shape index (κ2) is 7.06. The first kappa shape index (κ1) is 18.7.